The number of hydrogen-bond donors (Lipinski definition) is 1. The highest BCUT2D eigenvalue weighted by molar-refractivity contribution is 7.80. The first-order chi connectivity index (χ1) is 7.41. The van der Waals surface area contributed by atoms with E-state index in [0.29, 0.717) is 10.6 Å². The fourth-order valence-corrected chi connectivity index (χ4v) is 1.47. The van der Waals surface area contributed by atoms with E-state index in [1.165, 1.54) is 6.07 Å². The second kappa shape index (κ2) is 5.32. The van der Waals surface area contributed by atoms with Crippen LogP contribution < -0.4 is 5.73 Å². The van der Waals surface area contributed by atoms with Crippen LogP contribution in [-0.2, 0) is 6.54 Å². The van der Waals surface area contributed by atoms with Gasteiger partial charge in [0.25, 0.3) is 0 Å². The van der Waals surface area contributed by atoms with Gasteiger partial charge in [-0.1, -0.05) is 12.2 Å². The van der Waals surface area contributed by atoms with Gasteiger partial charge in [-0.05, 0) is 32.2 Å². The highest BCUT2D eigenvalue weighted by atomic mass is 32.1. The molecule has 2 N–H and O–H groups in total. The molecule has 0 aliphatic heterocycles. The molecule has 1 unspecified atom stereocenters. The fourth-order valence-electron chi connectivity index (χ4n) is 1.29. The molecule has 2 nitrogen and oxygen atoms in total. The van der Waals surface area contributed by atoms with Gasteiger partial charge in [-0.25, -0.2) is 8.78 Å². The van der Waals surface area contributed by atoms with Gasteiger partial charge in [0.05, 0.1) is 11.0 Å². The van der Waals surface area contributed by atoms with Crippen molar-refractivity contribution < 1.29 is 8.78 Å². The molecule has 0 aromatic heterocycles. The Morgan fingerprint density at radius 3 is 2.69 bits per heavy atom. The maximum Gasteiger partial charge on any atom is 0.127 e. The topological polar surface area (TPSA) is 29.3 Å². The summed E-state index contributed by atoms with van der Waals surface area (Å²) in [5.74, 6) is -0.879. The molecule has 16 heavy (non-hydrogen) atoms. The van der Waals surface area contributed by atoms with Crippen molar-refractivity contribution in [1.29, 1.82) is 0 Å². The standard InChI is InChI=1S/C11H14F2N2S/c1-7(11(14)16)15(2)6-8-5-9(12)3-4-10(8)13/h3-5,7H,6H2,1-2H3,(H2,14,16). The number of thiocarbonyl (C=S) groups is 1. The van der Waals surface area contributed by atoms with Crippen molar-refractivity contribution in [2.45, 2.75) is 19.5 Å². The average molecular weight is 244 g/mol. The van der Waals surface area contributed by atoms with Crippen LogP contribution in [0.5, 0.6) is 0 Å². The number of halogens is 2. The van der Waals surface area contributed by atoms with E-state index in [0.717, 1.165) is 12.1 Å². The number of nitrogens with zero attached hydrogens (tertiary/aromatic N) is 1. The summed E-state index contributed by atoms with van der Waals surface area (Å²) in [7, 11) is 1.76. The van der Waals surface area contributed by atoms with Crippen molar-refractivity contribution in [1.82, 2.24) is 4.90 Å². The van der Waals surface area contributed by atoms with Crippen molar-refractivity contribution in [3.05, 3.63) is 35.4 Å². The lowest BCUT2D eigenvalue weighted by atomic mass is 10.1. The zero-order valence-electron chi connectivity index (χ0n) is 9.21. The number of rotatable bonds is 4. The lowest BCUT2D eigenvalue weighted by molar-refractivity contribution is 0.299. The molecule has 0 fully saturated rings. The normalized spacial score (nSPS) is 12.8. The van der Waals surface area contributed by atoms with Crippen LogP contribution in [0.4, 0.5) is 8.78 Å². The van der Waals surface area contributed by atoms with Crippen LogP contribution in [0, 0.1) is 11.6 Å². The van der Waals surface area contributed by atoms with Crippen LogP contribution in [0.25, 0.3) is 0 Å². The van der Waals surface area contributed by atoms with Gasteiger partial charge in [0.15, 0.2) is 0 Å². The van der Waals surface area contributed by atoms with E-state index in [1.807, 2.05) is 6.92 Å². The highest BCUT2D eigenvalue weighted by Crippen LogP contribution is 2.13. The third-order valence-electron chi connectivity index (χ3n) is 2.50. The highest BCUT2D eigenvalue weighted by Gasteiger charge is 2.14. The van der Waals surface area contributed by atoms with Gasteiger partial charge in [0.1, 0.15) is 11.6 Å². The van der Waals surface area contributed by atoms with Crippen LogP contribution in [-0.4, -0.2) is 23.0 Å². The minimum atomic E-state index is -0.451. The van der Waals surface area contributed by atoms with Gasteiger partial charge in [-0.3, -0.25) is 4.90 Å². The van der Waals surface area contributed by atoms with Crippen LogP contribution in [0.3, 0.4) is 0 Å². The van der Waals surface area contributed by atoms with Crippen molar-refractivity contribution in [2.75, 3.05) is 7.05 Å². The van der Waals surface area contributed by atoms with Crippen LogP contribution >= 0.6 is 12.2 Å². The first-order valence-corrected chi connectivity index (χ1v) is 5.26. The molecule has 0 radical (unpaired) electrons. The zero-order chi connectivity index (χ0) is 12.3. The predicted molar refractivity (Wildman–Crippen MR) is 64.1 cm³/mol. The minimum absolute atomic E-state index is 0.155. The summed E-state index contributed by atoms with van der Waals surface area (Å²) in [4.78, 5) is 2.10. The van der Waals surface area contributed by atoms with Gasteiger partial charge >= 0.3 is 0 Å². The average Bonchev–Trinajstić information content (AvgIpc) is 2.22. The monoisotopic (exact) mass is 244 g/mol. The first kappa shape index (κ1) is 13.0. The summed E-state index contributed by atoms with van der Waals surface area (Å²) in [6.45, 7) is 2.08. The smallest absolute Gasteiger partial charge is 0.127 e. The minimum Gasteiger partial charge on any atom is -0.392 e. The van der Waals surface area contributed by atoms with E-state index >= 15 is 0 Å². The Kier molecular flexibility index (Phi) is 4.32. The zero-order valence-corrected chi connectivity index (χ0v) is 10.0. The second-order valence-corrected chi connectivity index (χ2v) is 4.20. The molecular formula is C11H14F2N2S. The largest absolute Gasteiger partial charge is 0.392 e. The number of benzene rings is 1. The fraction of sp³-hybridized carbons (Fsp3) is 0.364. The second-order valence-electron chi connectivity index (χ2n) is 3.73. The van der Waals surface area contributed by atoms with Crippen LogP contribution in [0.15, 0.2) is 18.2 Å². The number of hydrogen-bond acceptors (Lipinski definition) is 2. The number of likely N-dealkylation sites (N-methyl/N-ethyl adjacent to an activating group) is 1. The molecule has 1 aromatic carbocycles. The van der Waals surface area contributed by atoms with Crippen molar-refractivity contribution in [2.24, 2.45) is 5.73 Å². The van der Waals surface area contributed by atoms with E-state index in [-0.39, 0.29) is 12.6 Å². The van der Waals surface area contributed by atoms with Crippen LogP contribution in [0.2, 0.25) is 0 Å². The number of nitrogens with two attached hydrogens (primary N) is 1. The van der Waals surface area contributed by atoms with Gasteiger partial charge in [-0.2, -0.15) is 0 Å². The van der Waals surface area contributed by atoms with Crippen molar-refractivity contribution >= 4 is 17.2 Å². The molecule has 0 aliphatic carbocycles. The Morgan fingerprint density at radius 2 is 2.12 bits per heavy atom. The Hall–Kier alpha value is -1.07. The molecule has 5 heteroatoms. The van der Waals surface area contributed by atoms with Crippen molar-refractivity contribution in [3.63, 3.8) is 0 Å². The molecule has 1 atom stereocenters. The molecule has 1 rings (SSSR count). The third kappa shape index (κ3) is 3.21. The molecule has 0 aliphatic rings. The Morgan fingerprint density at radius 1 is 1.50 bits per heavy atom. The summed E-state index contributed by atoms with van der Waals surface area (Å²) in [6.07, 6.45) is 0. The van der Waals surface area contributed by atoms with E-state index in [9.17, 15) is 8.78 Å². The van der Waals surface area contributed by atoms with E-state index < -0.39 is 11.6 Å². The summed E-state index contributed by atoms with van der Waals surface area (Å²) in [5.41, 5.74) is 5.78. The van der Waals surface area contributed by atoms with Gasteiger partial charge in [0.2, 0.25) is 0 Å². The first-order valence-electron chi connectivity index (χ1n) is 4.85. The SMILES string of the molecule is CC(C(N)=S)N(C)Cc1cc(F)ccc1F. The Balaban J connectivity index is 2.80. The Labute approximate surface area is 99.0 Å². The lowest BCUT2D eigenvalue weighted by Gasteiger charge is -2.23. The maximum absolute atomic E-state index is 13.3. The Bertz CT molecular complexity index is 396. The van der Waals surface area contributed by atoms with Crippen molar-refractivity contribution in [3.8, 4) is 0 Å². The van der Waals surface area contributed by atoms with E-state index in [1.54, 1.807) is 11.9 Å². The quantitative estimate of drug-likeness (QED) is 0.822. The summed E-state index contributed by atoms with van der Waals surface area (Å²) in [6, 6.07) is 3.23. The molecule has 1 aromatic rings. The molecule has 0 bridgehead atoms. The lowest BCUT2D eigenvalue weighted by Crippen LogP contribution is -2.38. The van der Waals surface area contributed by atoms with E-state index in [4.69, 9.17) is 18.0 Å². The van der Waals surface area contributed by atoms with Gasteiger partial charge < -0.3 is 5.73 Å². The molecule has 0 spiro atoms. The predicted octanol–water partition coefficient (Wildman–Crippen LogP) is 2.07. The third-order valence-corrected chi connectivity index (χ3v) is 2.84. The molecule has 0 saturated carbocycles. The molecule has 0 heterocycles. The van der Waals surface area contributed by atoms with Gasteiger partial charge in [0, 0.05) is 12.1 Å². The molecule has 0 amide bonds. The summed E-state index contributed by atoms with van der Waals surface area (Å²) in [5, 5.41) is 0. The molecule has 0 saturated heterocycles. The summed E-state index contributed by atoms with van der Waals surface area (Å²) >= 11 is 4.84. The molecule has 88 valence electrons. The van der Waals surface area contributed by atoms with E-state index in [2.05, 4.69) is 0 Å². The summed E-state index contributed by atoms with van der Waals surface area (Å²) < 4.78 is 26.3. The molecular weight excluding hydrogens is 230 g/mol. The maximum atomic E-state index is 13.3. The van der Waals surface area contributed by atoms with Gasteiger partial charge in [-0.15, -0.1) is 0 Å². The van der Waals surface area contributed by atoms with Crippen LogP contribution in [0.1, 0.15) is 12.5 Å².